The first-order chi connectivity index (χ1) is 9.81. The Hall–Kier alpha value is -0.0800. The fraction of sp³-hybridized carbons (Fsp3) is 1.00. The monoisotopic (exact) mass is 302 g/mol. The Labute approximate surface area is 135 Å². The molecule has 0 N–H and O–H groups in total. The van der Waals surface area contributed by atoms with Crippen LogP contribution in [0.5, 0.6) is 0 Å². The average molecular weight is 303 g/mol. The SMILES string of the molecule is CC.CC.CC1(C)CCCCO1.CC1CCOC(C)(C)C1. The van der Waals surface area contributed by atoms with Gasteiger partial charge >= 0.3 is 0 Å². The minimum absolute atomic E-state index is 0.150. The van der Waals surface area contributed by atoms with Crippen LogP contribution >= 0.6 is 0 Å². The van der Waals surface area contributed by atoms with Crippen LogP contribution < -0.4 is 0 Å². The molecule has 2 heteroatoms. The molecule has 2 saturated heterocycles. The van der Waals surface area contributed by atoms with Gasteiger partial charge in [0.05, 0.1) is 11.2 Å². The molecule has 0 saturated carbocycles. The molecule has 0 amide bonds. The Morgan fingerprint density at radius 2 is 1.29 bits per heavy atom. The van der Waals surface area contributed by atoms with E-state index in [1.54, 1.807) is 0 Å². The van der Waals surface area contributed by atoms with Crippen LogP contribution in [0.1, 0.15) is 94.4 Å². The third kappa shape index (κ3) is 13.3. The van der Waals surface area contributed by atoms with Gasteiger partial charge in [-0.05, 0) is 65.7 Å². The molecular formula is C19H42O2. The van der Waals surface area contributed by atoms with E-state index in [1.165, 1.54) is 32.1 Å². The number of hydrogen-bond acceptors (Lipinski definition) is 2. The van der Waals surface area contributed by atoms with Crippen LogP contribution in [0.3, 0.4) is 0 Å². The van der Waals surface area contributed by atoms with Gasteiger partial charge in [-0.15, -0.1) is 0 Å². The summed E-state index contributed by atoms with van der Waals surface area (Å²) >= 11 is 0. The highest BCUT2D eigenvalue weighted by atomic mass is 16.5. The van der Waals surface area contributed by atoms with E-state index in [0.29, 0.717) is 0 Å². The van der Waals surface area contributed by atoms with Crippen molar-refractivity contribution in [3.05, 3.63) is 0 Å². The fourth-order valence-electron chi connectivity index (χ4n) is 2.61. The van der Waals surface area contributed by atoms with Gasteiger partial charge in [-0.3, -0.25) is 0 Å². The summed E-state index contributed by atoms with van der Waals surface area (Å²) in [5, 5.41) is 0. The Kier molecular flexibility index (Phi) is 13.8. The lowest BCUT2D eigenvalue weighted by Gasteiger charge is -2.33. The molecule has 1 atom stereocenters. The van der Waals surface area contributed by atoms with Crippen LogP contribution in [0.2, 0.25) is 0 Å². The zero-order chi connectivity index (χ0) is 16.9. The van der Waals surface area contributed by atoms with E-state index in [9.17, 15) is 0 Å². The van der Waals surface area contributed by atoms with E-state index in [-0.39, 0.29) is 11.2 Å². The Morgan fingerprint density at radius 1 is 0.762 bits per heavy atom. The summed E-state index contributed by atoms with van der Waals surface area (Å²) in [6, 6.07) is 0. The lowest BCUT2D eigenvalue weighted by Crippen LogP contribution is -2.32. The van der Waals surface area contributed by atoms with Gasteiger partial charge in [0.2, 0.25) is 0 Å². The van der Waals surface area contributed by atoms with Gasteiger partial charge in [0.1, 0.15) is 0 Å². The molecule has 0 spiro atoms. The van der Waals surface area contributed by atoms with Crippen molar-refractivity contribution in [3.8, 4) is 0 Å². The molecule has 0 radical (unpaired) electrons. The van der Waals surface area contributed by atoms with Crippen LogP contribution in [0.25, 0.3) is 0 Å². The highest BCUT2D eigenvalue weighted by Gasteiger charge is 2.25. The summed E-state index contributed by atoms with van der Waals surface area (Å²) < 4.78 is 11.0. The molecule has 2 rings (SSSR count). The molecule has 21 heavy (non-hydrogen) atoms. The molecule has 2 aliphatic heterocycles. The first-order valence-corrected chi connectivity index (χ1v) is 9.09. The van der Waals surface area contributed by atoms with Crippen molar-refractivity contribution < 1.29 is 9.47 Å². The second-order valence-corrected chi connectivity index (χ2v) is 6.77. The molecule has 0 aromatic carbocycles. The fourth-order valence-corrected chi connectivity index (χ4v) is 2.61. The summed E-state index contributed by atoms with van der Waals surface area (Å²) in [6.45, 7) is 20.9. The maximum absolute atomic E-state index is 5.54. The van der Waals surface area contributed by atoms with Crippen LogP contribution in [0.4, 0.5) is 0 Å². The van der Waals surface area contributed by atoms with Crippen molar-refractivity contribution in [1.29, 1.82) is 0 Å². The molecule has 2 nitrogen and oxygen atoms in total. The zero-order valence-corrected chi connectivity index (χ0v) is 16.3. The molecule has 0 aliphatic carbocycles. The molecule has 2 aliphatic rings. The largest absolute Gasteiger partial charge is 0.376 e. The van der Waals surface area contributed by atoms with Gasteiger partial charge in [0, 0.05) is 13.2 Å². The van der Waals surface area contributed by atoms with Gasteiger partial charge in [-0.1, -0.05) is 34.6 Å². The summed E-state index contributed by atoms with van der Waals surface area (Å²) in [5.74, 6) is 0.855. The third-order valence-corrected chi connectivity index (χ3v) is 3.61. The van der Waals surface area contributed by atoms with Gasteiger partial charge in [-0.2, -0.15) is 0 Å². The zero-order valence-electron chi connectivity index (χ0n) is 16.3. The Balaban J connectivity index is 0. The number of ether oxygens (including phenoxy) is 2. The van der Waals surface area contributed by atoms with E-state index >= 15 is 0 Å². The van der Waals surface area contributed by atoms with Gasteiger partial charge in [0.25, 0.3) is 0 Å². The van der Waals surface area contributed by atoms with Crippen LogP contribution in [0, 0.1) is 5.92 Å². The Morgan fingerprint density at radius 3 is 1.52 bits per heavy atom. The standard InChI is InChI=1S/C8H16O.C7H14O.2C2H6/c1-7-4-5-9-8(2,3)6-7;1-7(2)5-3-4-6-8-7;2*1-2/h7H,4-6H2,1-3H3;3-6H2,1-2H3;2*1-2H3. The molecule has 2 heterocycles. The lowest BCUT2D eigenvalue weighted by molar-refractivity contribution is -0.0691. The van der Waals surface area contributed by atoms with Crippen molar-refractivity contribution in [2.75, 3.05) is 13.2 Å². The first-order valence-electron chi connectivity index (χ1n) is 9.09. The van der Waals surface area contributed by atoms with Crippen molar-refractivity contribution in [2.24, 2.45) is 5.92 Å². The summed E-state index contributed by atoms with van der Waals surface area (Å²) in [7, 11) is 0. The summed E-state index contributed by atoms with van der Waals surface area (Å²) in [4.78, 5) is 0. The lowest BCUT2D eigenvalue weighted by atomic mass is 9.90. The number of rotatable bonds is 0. The van der Waals surface area contributed by atoms with Crippen molar-refractivity contribution >= 4 is 0 Å². The van der Waals surface area contributed by atoms with Crippen molar-refractivity contribution in [2.45, 2.75) is 106 Å². The third-order valence-electron chi connectivity index (χ3n) is 3.61. The van der Waals surface area contributed by atoms with Crippen LogP contribution in [-0.2, 0) is 9.47 Å². The average Bonchev–Trinajstić information content (AvgIpc) is 2.42. The molecule has 0 bridgehead atoms. The van der Waals surface area contributed by atoms with Crippen molar-refractivity contribution in [1.82, 2.24) is 0 Å². The molecule has 1 unspecified atom stereocenters. The second kappa shape index (κ2) is 12.5. The molecule has 130 valence electrons. The van der Waals surface area contributed by atoms with E-state index in [2.05, 4.69) is 34.6 Å². The highest BCUT2D eigenvalue weighted by Crippen LogP contribution is 2.27. The van der Waals surface area contributed by atoms with E-state index in [0.717, 1.165) is 19.1 Å². The highest BCUT2D eigenvalue weighted by molar-refractivity contribution is 4.76. The summed E-state index contributed by atoms with van der Waals surface area (Å²) in [6.07, 6.45) is 6.28. The summed E-state index contributed by atoms with van der Waals surface area (Å²) in [5.41, 5.74) is 0.329. The molecule has 0 aromatic rings. The number of hydrogen-bond donors (Lipinski definition) is 0. The van der Waals surface area contributed by atoms with Gasteiger partial charge < -0.3 is 9.47 Å². The quantitative estimate of drug-likeness (QED) is 0.528. The predicted molar refractivity (Wildman–Crippen MR) is 95.0 cm³/mol. The minimum Gasteiger partial charge on any atom is -0.376 e. The minimum atomic E-state index is 0.150. The van der Waals surface area contributed by atoms with E-state index in [4.69, 9.17) is 9.47 Å². The van der Waals surface area contributed by atoms with Crippen molar-refractivity contribution in [3.63, 3.8) is 0 Å². The molecule has 2 fully saturated rings. The molecular weight excluding hydrogens is 260 g/mol. The van der Waals surface area contributed by atoms with E-state index in [1.807, 2.05) is 27.7 Å². The van der Waals surface area contributed by atoms with Crippen LogP contribution in [-0.4, -0.2) is 24.4 Å². The smallest absolute Gasteiger partial charge is 0.0629 e. The normalized spacial score (nSPS) is 25.9. The topological polar surface area (TPSA) is 18.5 Å². The Bertz CT molecular complexity index is 214. The maximum Gasteiger partial charge on any atom is 0.0629 e. The van der Waals surface area contributed by atoms with Gasteiger partial charge in [0.15, 0.2) is 0 Å². The van der Waals surface area contributed by atoms with Gasteiger partial charge in [-0.25, -0.2) is 0 Å². The predicted octanol–water partition coefficient (Wildman–Crippen LogP) is 6.23. The van der Waals surface area contributed by atoms with E-state index < -0.39 is 0 Å². The molecule has 0 aromatic heterocycles. The second-order valence-electron chi connectivity index (χ2n) is 6.77. The maximum atomic E-state index is 5.54. The van der Waals surface area contributed by atoms with Crippen LogP contribution in [0.15, 0.2) is 0 Å². The first kappa shape index (κ1) is 23.2.